The van der Waals surface area contributed by atoms with Crippen LogP contribution in [0.15, 0.2) is 24.5 Å². The molecule has 1 aromatic heterocycles. The van der Waals surface area contributed by atoms with Crippen molar-refractivity contribution in [3.8, 4) is 0 Å². The molecule has 2 rings (SSSR count). The molecule has 6 heteroatoms. The number of benzene rings is 1. The Bertz CT molecular complexity index is 553. The number of anilines is 1. The Kier molecular flexibility index (Phi) is 4.37. The van der Waals surface area contributed by atoms with Crippen molar-refractivity contribution in [3.05, 3.63) is 41.2 Å². The molecule has 0 radical (unpaired) electrons. The van der Waals surface area contributed by atoms with Crippen LogP contribution in [0.5, 0.6) is 0 Å². The summed E-state index contributed by atoms with van der Waals surface area (Å²) >= 11 is 5.95. The summed E-state index contributed by atoms with van der Waals surface area (Å²) in [6.45, 7) is 5.55. The van der Waals surface area contributed by atoms with Gasteiger partial charge in [0.1, 0.15) is 18.0 Å². The molecule has 1 aromatic carbocycles. The highest BCUT2D eigenvalue weighted by atomic mass is 35.5. The molecule has 0 aliphatic rings. The van der Waals surface area contributed by atoms with Gasteiger partial charge in [0.2, 0.25) is 0 Å². The quantitative estimate of drug-likeness (QED) is 0.915. The number of nitrogens with zero attached hydrogens (tertiary/aromatic N) is 3. The number of halogens is 2. The molecule has 0 atom stereocenters. The van der Waals surface area contributed by atoms with E-state index in [-0.39, 0.29) is 5.82 Å². The summed E-state index contributed by atoms with van der Waals surface area (Å²) in [5.74, 6) is 0.975. The molecule has 0 aliphatic carbocycles. The Hall–Kier alpha value is -1.62. The van der Waals surface area contributed by atoms with E-state index in [9.17, 15) is 4.39 Å². The summed E-state index contributed by atoms with van der Waals surface area (Å²) in [6, 6.07) is 4.26. The van der Waals surface area contributed by atoms with E-state index in [1.54, 1.807) is 6.07 Å². The fourth-order valence-corrected chi connectivity index (χ4v) is 1.96. The van der Waals surface area contributed by atoms with Crippen LogP contribution in [0.25, 0.3) is 0 Å². The van der Waals surface area contributed by atoms with Gasteiger partial charge in [-0.2, -0.15) is 5.10 Å². The standard InChI is InChI=1S/C13H16ClFN4/c1-9(2)7-19-13(17-8-18-19)6-16-12-4-3-10(15)5-11(12)14/h3-5,8-9,16H,6-7H2,1-2H3. The van der Waals surface area contributed by atoms with Gasteiger partial charge in [-0.3, -0.25) is 0 Å². The average Bonchev–Trinajstić information content (AvgIpc) is 2.74. The van der Waals surface area contributed by atoms with Gasteiger partial charge >= 0.3 is 0 Å². The van der Waals surface area contributed by atoms with Crippen molar-refractivity contribution in [1.82, 2.24) is 14.8 Å². The van der Waals surface area contributed by atoms with Crippen LogP contribution in [-0.2, 0) is 13.1 Å². The smallest absolute Gasteiger partial charge is 0.146 e. The van der Waals surface area contributed by atoms with Gasteiger partial charge in [-0.15, -0.1) is 0 Å². The molecule has 0 unspecified atom stereocenters. The van der Waals surface area contributed by atoms with Crippen molar-refractivity contribution in [2.24, 2.45) is 5.92 Å². The maximum Gasteiger partial charge on any atom is 0.146 e. The number of nitrogens with one attached hydrogen (secondary N) is 1. The summed E-state index contributed by atoms with van der Waals surface area (Å²) < 4.78 is 14.8. The molecule has 0 saturated carbocycles. The number of rotatable bonds is 5. The average molecular weight is 283 g/mol. The molecular weight excluding hydrogens is 267 g/mol. The third kappa shape index (κ3) is 3.67. The Labute approximate surface area is 116 Å². The Morgan fingerprint density at radius 3 is 2.89 bits per heavy atom. The zero-order valence-electron chi connectivity index (χ0n) is 10.9. The van der Waals surface area contributed by atoms with Crippen LogP contribution in [0.2, 0.25) is 5.02 Å². The van der Waals surface area contributed by atoms with Crippen LogP contribution in [0.1, 0.15) is 19.7 Å². The normalized spacial score (nSPS) is 11.0. The largest absolute Gasteiger partial charge is 0.377 e. The first-order valence-corrected chi connectivity index (χ1v) is 6.49. The molecule has 0 saturated heterocycles. The van der Waals surface area contributed by atoms with E-state index in [1.807, 2.05) is 4.68 Å². The van der Waals surface area contributed by atoms with Crippen molar-refractivity contribution in [1.29, 1.82) is 0 Å². The van der Waals surface area contributed by atoms with Crippen molar-refractivity contribution < 1.29 is 4.39 Å². The minimum atomic E-state index is -0.349. The molecule has 102 valence electrons. The van der Waals surface area contributed by atoms with E-state index in [4.69, 9.17) is 11.6 Å². The minimum absolute atomic E-state index is 0.349. The van der Waals surface area contributed by atoms with Crippen LogP contribution in [0.3, 0.4) is 0 Å². The van der Waals surface area contributed by atoms with E-state index in [0.717, 1.165) is 12.4 Å². The third-order valence-electron chi connectivity index (χ3n) is 2.60. The highest BCUT2D eigenvalue weighted by molar-refractivity contribution is 6.33. The van der Waals surface area contributed by atoms with E-state index in [2.05, 4.69) is 29.2 Å². The second kappa shape index (κ2) is 6.02. The van der Waals surface area contributed by atoms with Crippen molar-refractivity contribution in [3.63, 3.8) is 0 Å². The molecule has 1 heterocycles. The van der Waals surface area contributed by atoms with Gasteiger partial charge in [-0.1, -0.05) is 25.4 Å². The first kappa shape index (κ1) is 13.8. The molecule has 19 heavy (non-hydrogen) atoms. The minimum Gasteiger partial charge on any atom is -0.377 e. The van der Waals surface area contributed by atoms with Gasteiger partial charge in [0.25, 0.3) is 0 Å². The lowest BCUT2D eigenvalue weighted by Crippen LogP contribution is -2.13. The molecule has 0 amide bonds. The van der Waals surface area contributed by atoms with Crippen LogP contribution in [0, 0.1) is 11.7 Å². The molecule has 4 nitrogen and oxygen atoms in total. The van der Waals surface area contributed by atoms with E-state index >= 15 is 0 Å². The second-order valence-corrected chi connectivity index (χ2v) is 5.14. The zero-order chi connectivity index (χ0) is 13.8. The van der Waals surface area contributed by atoms with E-state index in [0.29, 0.717) is 23.2 Å². The summed E-state index contributed by atoms with van der Waals surface area (Å²) in [4.78, 5) is 4.20. The first-order valence-electron chi connectivity index (χ1n) is 6.12. The summed E-state index contributed by atoms with van der Waals surface area (Å²) in [5, 5.41) is 7.67. The zero-order valence-corrected chi connectivity index (χ0v) is 11.7. The van der Waals surface area contributed by atoms with Crippen LogP contribution >= 0.6 is 11.6 Å². The predicted molar refractivity (Wildman–Crippen MR) is 73.6 cm³/mol. The van der Waals surface area contributed by atoms with Gasteiger partial charge in [-0.05, 0) is 24.1 Å². The fraction of sp³-hybridized carbons (Fsp3) is 0.385. The van der Waals surface area contributed by atoms with Gasteiger partial charge < -0.3 is 5.32 Å². The lowest BCUT2D eigenvalue weighted by Gasteiger charge is -2.11. The summed E-state index contributed by atoms with van der Waals surface area (Å²) in [6.07, 6.45) is 1.53. The molecular formula is C13H16ClFN4. The SMILES string of the molecule is CC(C)Cn1ncnc1CNc1ccc(F)cc1Cl. The van der Waals surface area contributed by atoms with Gasteiger partial charge in [0.05, 0.1) is 17.3 Å². The molecule has 0 aliphatic heterocycles. The van der Waals surface area contributed by atoms with Crippen molar-refractivity contribution in [2.45, 2.75) is 26.9 Å². The maximum absolute atomic E-state index is 12.9. The maximum atomic E-state index is 12.9. The highest BCUT2D eigenvalue weighted by Crippen LogP contribution is 2.22. The molecule has 0 spiro atoms. The van der Waals surface area contributed by atoms with Gasteiger partial charge in [-0.25, -0.2) is 14.1 Å². The Balaban J connectivity index is 2.04. The Morgan fingerprint density at radius 2 is 2.21 bits per heavy atom. The van der Waals surface area contributed by atoms with E-state index in [1.165, 1.54) is 18.5 Å². The van der Waals surface area contributed by atoms with Gasteiger partial charge in [0, 0.05) is 6.54 Å². The van der Waals surface area contributed by atoms with Crippen molar-refractivity contribution >= 4 is 17.3 Å². The number of hydrogen-bond donors (Lipinski definition) is 1. The Morgan fingerprint density at radius 1 is 1.42 bits per heavy atom. The third-order valence-corrected chi connectivity index (χ3v) is 2.91. The van der Waals surface area contributed by atoms with E-state index < -0.39 is 0 Å². The second-order valence-electron chi connectivity index (χ2n) is 4.73. The lowest BCUT2D eigenvalue weighted by molar-refractivity contribution is 0.468. The molecule has 0 fully saturated rings. The van der Waals surface area contributed by atoms with Gasteiger partial charge in [0.15, 0.2) is 0 Å². The predicted octanol–water partition coefficient (Wildman–Crippen LogP) is 3.34. The molecule has 0 bridgehead atoms. The first-order chi connectivity index (χ1) is 9.06. The molecule has 2 aromatic rings. The summed E-state index contributed by atoms with van der Waals surface area (Å²) in [7, 11) is 0. The molecule has 1 N–H and O–H groups in total. The van der Waals surface area contributed by atoms with Crippen LogP contribution < -0.4 is 5.32 Å². The number of aromatic nitrogens is 3. The lowest BCUT2D eigenvalue weighted by atomic mass is 10.2. The monoisotopic (exact) mass is 282 g/mol. The fourth-order valence-electron chi connectivity index (χ4n) is 1.73. The highest BCUT2D eigenvalue weighted by Gasteiger charge is 2.07. The number of hydrogen-bond acceptors (Lipinski definition) is 3. The van der Waals surface area contributed by atoms with Crippen LogP contribution in [-0.4, -0.2) is 14.8 Å². The topological polar surface area (TPSA) is 42.7 Å². The van der Waals surface area contributed by atoms with Crippen molar-refractivity contribution in [2.75, 3.05) is 5.32 Å². The summed E-state index contributed by atoms with van der Waals surface area (Å²) in [5.41, 5.74) is 0.683. The van der Waals surface area contributed by atoms with Crippen LogP contribution in [0.4, 0.5) is 10.1 Å².